The van der Waals surface area contributed by atoms with Crippen LogP contribution < -0.4 is 10.1 Å². The van der Waals surface area contributed by atoms with E-state index in [1.54, 1.807) is 12.4 Å². The molecule has 0 saturated carbocycles. The van der Waals surface area contributed by atoms with Gasteiger partial charge < -0.3 is 10.1 Å². The smallest absolute Gasteiger partial charge is 0.184 e. The number of nitriles is 1. The Morgan fingerprint density at radius 2 is 2.07 bits per heavy atom. The van der Waals surface area contributed by atoms with Crippen molar-refractivity contribution in [3.63, 3.8) is 0 Å². The second kappa shape index (κ2) is 8.77. The number of aromatic nitrogens is 3. The lowest BCUT2D eigenvalue weighted by atomic mass is 10.2. The molecule has 0 aliphatic rings. The number of pyridine rings is 1. The van der Waals surface area contributed by atoms with Gasteiger partial charge in [0.25, 0.3) is 0 Å². The zero-order valence-electron chi connectivity index (χ0n) is 15.4. The zero-order chi connectivity index (χ0) is 19.1. The Labute approximate surface area is 158 Å². The van der Waals surface area contributed by atoms with E-state index in [0.717, 1.165) is 22.6 Å². The van der Waals surface area contributed by atoms with Crippen LogP contribution in [0.4, 0.5) is 5.82 Å². The highest BCUT2D eigenvalue weighted by Gasteiger charge is 2.08. The highest BCUT2D eigenvalue weighted by atomic mass is 16.5. The van der Waals surface area contributed by atoms with E-state index in [1.165, 1.54) is 0 Å². The van der Waals surface area contributed by atoms with Crippen molar-refractivity contribution in [3.05, 3.63) is 66.1 Å². The van der Waals surface area contributed by atoms with Gasteiger partial charge in [0.2, 0.25) is 0 Å². The molecule has 1 unspecified atom stereocenters. The van der Waals surface area contributed by atoms with Crippen LogP contribution in [0.2, 0.25) is 0 Å². The first-order valence-electron chi connectivity index (χ1n) is 8.83. The summed E-state index contributed by atoms with van der Waals surface area (Å²) in [4.78, 5) is 13.2. The van der Waals surface area contributed by atoms with Crippen LogP contribution >= 0.6 is 0 Å². The van der Waals surface area contributed by atoms with Gasteiger partial charge in [0, 0.05) is 36.3 Å². The minimum absolute atomic E-state index is 0.431. The van der Waals surface area contributed by atoms with Crippen molar-refractivity contribution in [2.24, 2.45) is 0 Å². The molecule has 3 aromatic rings. The van der Waals surface area contributed by atoms with E-state index in [0.29, 0.717) is 24.5 Å². The third kappa shape index (κ3) is 5.02. The van der Waals surface area contributed by atoms with Crippen molar-refractivity contribution in [1.82, 2.24) is 15.0 Å². The summed E-state index contributed by atoms with van der Waals surface area (Å²) in [5, 5.41) is 12.4. The highest BCUT2D eigenvalue weighted by Crippen LogP contribution is 2.19. The van der Waals surface area contributed by atoms with E-state index in [2.05, 4.69) is 26.3 Å². The third-order valence-electron chi connectivity index (χ3n) is 3.94. The second-order valence-corrected chi connectivity index (χ2v) is 6.10. The fourth-order valence-electron chi connectivity index (χ4n) is 2.57. The summed E-state index contributed by atoms with van der Waals surface area (Å²) in [7, 11) is 0. The Balaban J connectivity index is 1.72. The van der Waals surface area contributed by atoms with Gasteiger partial charge in [0.1, 0.15) is 17.6 Å². The quantitative estimate of drug-likeness (QED) is 0.682. The molecule has 6 heteroatoms. The molecule has 0 amide bonds. The summed E-state index contributed by atoms with van der Waals surface area (Å²) < 4.78 is 5.68. The molecule has 3 rings (SSSR count). The minimum Gasteiger partial charge on any atom is -0.476 e. The van der Waals surface area contributed by atoms with Gasteiger partial charge in [-0.05, 0) is 43.2 Å². The molecule has 0 saturated heterocycles. The van der Waals surface area contributed by atoms with Gasteiger partial charge in [-0.3, -0.25) is 4.98 Å². The number of anilines is 1. The molecule has 0 aliphatic heterocycles. The van der Waals surface area contributed by atoms with Gasteiger partial charge in [-0.1, -0.05) is 19.1 Å². The normalized spacial score (nSPS) is 11.4. The maximum atomic E-state index is 9.05. The van der Waals surface area contributed by atoms with Crippen molar-refractivity contribution in [2.75, 3.05) is 5.32 Å². The maximum absolute atomic E-state index is 9.05. The van der Waals surface area contributed by atoms with Gasteiger partial charge in [-0.2, -0.15) is 5.26 Å². The summed E-state index contributed by atoms with van der Waals surface area (Å²) in [6, 6.07) is 15.6. The van der Waals surface area contributed by atoms with Crippen molar-refractivity contribution in [3.8, 4) is 23.2 Å². The molecule has 27 heavy (non-hydrogen) atoms. The lowest BCUT2D eigenvalue weighted by molar-refractivity contribution is 0.251. The molecule has 1 N–H and O–H groups in total. The van der Waals surface area contributed by atoms with E-state index in [-0.39, 0.29) is 0 Å². The second-order valence-electron chi connectivity index (χ2n) is 6.10. The average Bonchev–Trinajstić information content (AvgIpc) is 2.71. The van der Waals surface area contributed by atoms with Crippen molar-refractivity contribution < 1.29 is 4.74 Å². The molecule has 0 aliphatic carbocycles. The molecule has 1 atom stereocenters. The molecule has 6 nitrogen and oxygen atoms in total. The number of nitrogens with one attached hydrogen (secondary N) is 1. The first-order chi connectivity index (χ1) is 13.2. The summed E-state index contributed by atoms with van der Waals surface area (Å²) in [5.74, 6) is 2.08. The standard InChI is InChI=1S/C21H21N5O/c1-3-18(12-22)27-19-8-4-6-16(11-19)13-24-20-10-15(2)25-21(26-20)17-7-5-9-23-14-17/h4-11,14,18H,3,13H2,1-2H3,(H,24,25,26). The van der Waals surface area contributed by atoms with Crippen LogP contribution in [0.25, 0.3) is 11.4 Å². The van der Waals surface area contributed by atoms with E-state index in [1.807, 2.05) is 56.3 Å². The minimum atomic E-state index is -0.431. The molecular weight excluding hydrogens is 338 g/mol. The molecular formula is C21H21N5O. The molecule has 0 fully saturated rings. The van der Waals surface area contributed by atoms with E-state index < -0.39 is 6.10 Å². The van der Waals surface area contributed by atoms with Gasteiger partial charge in [0.05, 0.1) is 0 Å². The monoisotopic (exact) mass is 359 g/mol. The molecule has 2 heterocycles. The van der Waals surface area contributed by atoms with Crippen LogP contribution in [0.15, 0.2) is 54.9 Å². The number of nitrogens with zero attached hydrogens (tertiary/aromatic N) is 4. The number of hydrogen-bond donors (Lipinski definition) is 1. The number of benzene rings is 1. The van der Waals surface area contributed by atoms with Crippen molar-refractivity contribution in [2.45, 2.75) is 32.9 Å². The summed E-state index contributed by atoms with van der Waals surface area (Å²) in [6.07, 6.45) is 3.69. The maximum Gasteiger partial charge on any atom is 0.184 e. The average molecular weight is 359 g/mol. The van der Waals surface area contributed by atoms with Crippen LogP contribution in [0, 0.1) is 18.3 Å². The Kier molecular flexibility index (Phi) is 5.95. The van der Waals surface area contributed by atoms with Crippen LogP contribution in [0.1, 0.15) is 24.6 Å². The fraction of sp³-hybridized carbons (Fsp3) is 0.238. The SMILES string of the molecule is CCC(C#N)Oc1cccc(CNc2cc(C)nc(-c3cccnc3)n2)c1. The molecule has 2 aromatic heterocycles. The van der Waals surface area contributed by atoms with Crippen LogP contribution in [0.5, 0.6) is 5.75 Å². The van der Waals surface area contributed by atoms with E-state index in [9.17, 15) is 0 Å². The topological polar surface area (TPSA) is 83.7 Å². The first kappa shape index (κ1) is 18.3. The zero-order valence-corrected chi connectivity index (χ0v) is 15.4. The summed E-state index contributed by atoms with van der Waals surface area (Å²) in [5.41, 5.74) is 2.80. The molecule has 1 aromatic carbocycles. The summed E-state index contributed by atoms with van der Waals surface area (Å²) in [6.45, 7) is 4.45. The third-order valence-corrected chi connectivity index (χ3v) is 3.94. The van der Waals surface area contributed by atoms with Gasteiger partial charge >= 0.3 is 0 Å². The molecule has 0 spiro atoms. The first-order valence-corrected chi connectivity index (χ1v) is 8.83. The highest BCUT2D eigenvalue weighted by molar-refractivity contribution is 5.56. The van der Waals surface area contributed by atoms with E-state index in [4.69, 9.17) is 10.00 Å². The summed E-state index contributed by atoms with van der Waals surface area (Å²) >= 11 is 0. The molecule has 136 valence electrons. The molecule has 0 bridgehead atoms. The number of rotatable bonds is 7. The van der Waals surface area contributed by atoms with E-state index >= 15 is 0 Å². The van der Waals surface area contributed by atoms with Crippen LogP contribution in [0.3, 0.4) is 0 Å². The number of hydrogen-bond acceptors (Lipinski definition) is 6. The predicted molar refractivity (Wildman–Crippen MR) is 104 cm³/mol. The largest absolute Gasteiger partial charge is 0.476 e. The predicted octanol–water partition coefficient (Wildman–Crippen LogP) is 4.14. The van der Waals surface area contributed by atoms with Gasteiger partial charge in [-0.15, -0.1) is 0 Å². The Morgan fingerprint density at radius 3 is 2.81 bits per heavy atom. The van der Waals surface area contributed by atoms with Crippen molar-refractivity contribution in [1.29, 1.82) is 5.26 Å². The number of aryl methyl sites for hydroxylation is 1. The Bertz CT molecular complexity index is 937. The Hall–Kier alpha value is -3.46. The fourth-order valence-corrected chi connectivity index (χ4v) is 2.57. The molecule has 0 radical (unpaired) electrons. The lowest BCUT2D eigenvalue weighted by Crippen LogP contribution is -2.12. The van der Waals surface area contributed by atoms with Gasteiger partial charge in [0.15, 0.2) is 11.9 Å². The number of ether oxygens (including phenoxy) is 1. The van der Waals surface area contributed by atoms with Gasteiger partial charge in [-0.25, -0.2) is 9.97 Å². The van der Waals surface area contributed by atoms with Crippen molar-refractivity contribution >= 4 is 5.82 Å². The van der Waals surface area contributed by atoms with Crippen LogP contribution in [-0.4, -0.2) is 21.1 Å². The van der Waals surface area contributed by atoms with Crippen LogP contribution in [-0.2, 0) is 6.54 Å². The Morgan fingerprint density at radius 1 is 1.19 bits per heavy atom. The lowest BCUT2D eigenvalue weighted by Gasteiger charge is -2.12.